The van der Waals surface area contributed by atoms with Crippen molar-refractivity contribution in [2.24, 2.45) is 0 Å². The number of aromatic nitrogens is 3. The summed E-state index contributed by atoms with van der Waals surface area (Å²) in [5.41, 5.74) is 0.688. The average molecular weight is 366 g/mol. The topological polar surface area (TPSA) is 106 Å². The molecule has 2 heterocycles. The monoisotopic (exact) mass is 366 g/mol. The van der Waals surface area contributed by atoms with Gasteiger partial charge in [0.05, 0.1) is 19.1 Å². The molecule has 0 atom stereocenters. The zero-order valence-electron chi connectivity index (χ0n) is 14.6. The number of H-pyrrole nitrogens is 1. The van der Waals surface area contributed by atoms with E-state index in [0.717, 1.165) is 11.3 Å². The Labute approximate surface area is 154 Å². The zero-order chi connectivity index (χ0) is 19.2. The molecule has 8 heteroatoms. The number of methoxy groups -OCH3 is 1. The minimum atomic E-state index is -0.493. The van der Waals surface area contributed by atoms with Gasteiger partial charge in [-0.25, -0.2) is 4.98 Å². The van der Waals surface area contributed by atoms with Gasteiger partial charge >= 0.3 is 0 Å². The van der Waals surface area contributed by atoms with E-state index in [1.807, 2.05) is 12.1 Å². The fourth-order valence-electron chi connectivity index (χ4n) is 2.50. The predicted molar refractivity (Wildman–Crippen MR) is 99.9 cm³/mol. The van der Waals surface area contributed by atoms with E-state index in [1.54, 1.807) is 25.3 Å². The van der Waals surface area contributed by atoms with Gasteiger partial charge in [0.1, 0.15) is 11.3 Å². The number of hydrogen-bond donors (Lipinski definition) is 2. The van der Waals surface area contributed by atoms with Crippen molar-refractivity contribution in [2.45, 2.75) is 6.54 Å². The second kappa shape index (κ2) is 8.13. The molecule has 0 aliphatic heterocycles. The van der Waals surface area contributed by atoms with Crippen molar-refractivity contribution >= 4 is 5.91 Å². The summed E-state index contributed by atoms with van der Waals surface area (Å²) < 4.78 is 6.50. The number of aromatic amines is 1. The van der Waals surface area contributed by atoms with Gasteiger partial charge in [0, 0.05) is 30.9 Å². The normalized spacial score (nSPS) is 10.4. The van der Waals surface area contributed by atoms with Gasteiger partial charge in [0.25, 0.3) is 17.0 Å². The first kappa shape index (κ1) is 18.1. The SMILES string of the molecule is COc1ccc(-c2cc(=O)n(CCNC(=O)c3ccc[nH]c3=O)cn2)cc1. The second-order valence-corrected chi connectivity index (χ2v) is 5.70. The smallest absolute Gasteiger partial charge is 0.260 e. The maximum absolute atomic E-state index is 12.3. The lowest BCUT2D eigenvalue weighted by Crippen LogP contribution is -2.33. The molecule has 0 fully saturated rings. The number of nitrogens with zero attached hydrogens (tertiary/aromatic N) is 2. The lowest BCUT2D eigenvalue weighted by molar-refractivity contribution is 0.0950. The lowest BCUT2D eigenvalue weighted by atomic mass is 10.1. The Kier molecular flexibility index (Phi) is 5.46. The molecular formula is C19H18N4O4. The van der Waals surface area contributed by atoms with Crippen molar-refractivity contribution in [3.05, 3.63) is 81.3 Å². The molecule has 8 nitrogen and oxygen atoms in total. The predicted octanol–water partition coefficient (Wildman–Crippen LogP) is 1.04. The summed E-state index contributed by atoms with van der Waals surface area (Å²) in [6.45, 7) is 0.432. The van der Waals surface area contributed by atoms with E-state index in [4.69, 9.17) is 4.74 Å². The van der Waals surface area contributed by atoms with Crippen LogP contribution in [0, 0.1) is 0 Å². The molecule has 3 rings (SSSR count). The van der Waals surface area contributed by atoms with Crippen LogP contribution >= 0.6 is 0 Å². The van der Waals surface area contributed by atoms with Crippen molar-refractivity contribution in [3.63, 3.8) is 0 Å². The average Bonchev–Trinajstić information content (AvgIpc) is 2.69. The fourth-order valence-corrected chi connectivity index (χ4v) is 2.50. The minimum Gasteiger partial charge on any atom is -0.497 e. The number of ether oxygens (including phenoxy) is 1. The van der Waals surface area contributed by atoms with E-state index in [1.165, 1.54) is 29.2 Å². The van der Waals surface area contributed by atoms with Crippen LogP contribution in [0.2, 0.25) is 0 Å². The third-order valence-corrected chi connectivity index (χ3v) is 3.97. The molecule has 0 aliphatic carbocycles. The van der Waals surface area contributed by atoms with Gasteiger partial charge in [-0.1, -0.05) is 0 Å². The largest absolute Gasteiger partial charge is 0.497 e. The van der Waals surface area contributed by atoms with Crippen LogP contribution in [0.1, 0.15) is 10.4 Å². The Balaban J connectivity index is 1.64. The Hall–Kier alpha value is -3.68. The third kappa shape index (κ3) is 4.30. The molecule has 2 aromatic heterocycles. The van der Waals surface area contributed by atoms with Gasteiger partial charge in [0.15, 0.2) is 0 Å². The van der Waals surface area contributed by atoms with Crippen molar-refractivity contribution in [3.8, 4) is 17.0 Å². The summed E-state index contributed by atoms with van der Waals surface area (Å²) >= 11 is 0. The highest BCUT2D eigenvalue weighted by Gasteiger charge is 2.09. The standard InChI is InChI=1S/C19H18N4O4/c1-27-14-6-4-13(5-7-14)16-11-17(24)23(12-22-16)10-9-21-19(26)15-3-2-8-20-18(15)25/h2-8,11-12H,9-10H2,1H3,(H,20,25)(H,21,26). The third-order valence-electron chi connectivity index (χ3n) is 3.97. The van der Waals surface area contributed by atoms with Gasteiger partial charge in [-0.15, -0.1) is 0 Å². The molecule has 1 amide bonds. The quantitative estimate of drug-likeness (QED) is 0.678. The van der Waals surface area contributed by atoms with Crippen LogP contribution in [0.4, 0.5) is 0 Å². The molecular weight excluding hydrogens is 348 g/mol. The molecule has 0 saturated heterocycles. The van der Waals surface area contributed by atoms with Crippen LogP contribution < -0.4 is 21.2 Å². The van der Waals surface area contributed by atoms with Crippen molar-refractivity contribution in [1.29, 1.82) is 0 Å². The van der Waals surface area contributed by atoms with Crippen molar-refractivity contribution < 1.29 is 9.53 Å². The van der Waals surface area contributed by atoms with Gasteiger partial charge < -0.3 is 15.0 Å². The number of pyridine rings is 1. The summed E-state index contributed by atoms with van der Waals surface area (Å²) in [5, 5.41) is 2.61. The maximum atomic E-state index is 12.3. The van der Waals surface area contributed by atoms with Crippen LogP contribution in [0.5, 0.6) is 5.75 Å². The van der Waals surface area contributed by atoms with Crippen LogP contribution in [-0.2, 0) is 6.54 Å². The fraction of sp³-hybridized carbons (Fsp3) is 0.158. The van der Waals surface area contributed by atoms with E-state index in [2.05, 4.69) is 15.3 Å². The van der Waals surface area contributed by atoms with Crippen molar-refractivity contribution in [2.75, 3.05) is 13.7 Å². The number of nitrogens with one attached hydrogen (secondary N) is 2. The van der Waals surface area contributed by atoms with Gasteiger partial charge in [-0.3, -0.25) is 19.0 Å². The molecule has 0 radical (unpaired) electrons. The number of carbonyl (C=O) groups is 1. The summed E-state index contributed by atoms with van der Waals surface area (Å²) in [4.78, 5) is 42.6. The Morgan fingerprint density at radius 1 is 1.22 bits per heavy atom. The number of rotatable bonds is 6. The Morgan fingerprint density at radius 2 is 2.00 bits per heavy atom. The Morgan fingerprint density at radius 3 is 2.67 bits per heavy atom. The molecule has 1 aromatic carbocycles. The first-order chi connectivity index (χ1) is 13.1. The van der Waals surface area contributed by atoms with E-state index < -0.39 is 11.5 Å². The molecule has 2 N–H and O–H groups in total. The van der Waals surface area contributed by atoms with Crippen LogP contribution in [0.3, 0.4) is 0 Å². The molecule has 0 bridgehead atoms. The second-order valence-electron chi connectivity index (χ2n) is 5.70. The van der Waals surface area contributed by atoms with Gasteiger partial charge in [-0.2, -0.15) is 0 Å². The highest BCUT2D eigenvalue weighted by Crippen LogP contribution is 2.19. The highest BCUT2D eigenvalue weighted by molar-refractivity contribution is 5.93. The maximum Gasteiger partial charge on any atom is 0.260 e. The van der Waals surface area contributed by atoms with Crippen LogP contribution in [-0.4, -0.2) is 34.1 Å². The van der Waals surface area contributed by atoms with Gasteiger partial charge in [0.2, 0.25) is 0 Å². The lowest BCUT2D eigenvalue weighted by Gasteiger charge is -2.08. The van der Waals surface area contributed by atoms with Crippen LogP contribution in [0.25, 0.3) is 11.3 Å². The summed E-state index contributed by atoms with van der Waals surface area (Å²) in [7, 11) is 1.58. The zero-order valence-corrected chi connectivity index (χ0v) is 14.6. The molecule has 0 aliphatic rings. The van der Waals surface area contributed by atoms with E-state index >= 15 is 0 Å². The minimum absolute atomic E-state index is 0.0258. The Bertz CT molecular complexity index is 1050. The number of hydrogen-bond acceptors (Lipinski definition) is 5. The van der Waals surface area contributed by atoms with E-state index in [-0.39, 0.29) is 24.2 Å². The van der Waals surface area contributed by atoms with E-state index in [0.29, 0.717) is 5.69 Å². The van der Waals surface area contributed by atoms with Crippen molar-refractivity contribution in [1.82, 2.24) is 19.9 Å². The molecule has 138 valence electrons. The van der Waals surface area contributed by atoms with Gasteiger partial charge in [-0.05, 0) is 36.4 Å². The number of amides is 1. The summed E-state index contributed by atoms with van der Waals surface area (Å²) in [5.74, 6) is 0.229. The first-order valence-corrected chi connectivity index (χ1v) is 8.25. The highest BCUT2D eigenvalue weighted by atomic mass is 16.5. The molecule has 0 spiro atoms. The van der Waals surface area contributed by atoms with E-state index in [9.17, 15) is 14.4 Å². The first-order valence-electron chi connectivity index (χ1n) is 8.25. The number of carbonyl (C=O) groups excluding carboxylic acids is 1. The molecule has 3 aromatic rings. The summed E-state index contributed by atoms with van der Waals surface area (Å²) in [6.07, 6.45) is 2.89. The molecule has 0 saturated carbocycles. The number of benzene rings is 1. The summed E-state index contributed by atoms with van der Waals surface area (Å²) in [6, 6.07) is 11.7. The van der Waals surface area contributed by atoms with Crippen LogP contribution in [0.15, 0.2) is 64.6 Å². The molecule has 27 heavy (non-hydrogen) atoms. The molecule has 0 unspecified atom stereocenters.